The van der Waals surface area contributed by atoms with E-state index in [9.17, 15) is 4.79 Å². The summed E-state index contributed by atoms with van der Waals surface area (Å²) in [6.45, 7) is 0. The van der Waals surface area contributed by atoms with E-state index in [0.29, 0.717) is 10.6 Å². The third-order valence-electron chi connectivity index (χ3n) is 3.93. The van der Waals surface area contributed by atoms with Gasteiger partial charge < -0.3 is 11.1 Å². The Morgan fingerprint density at radius 3 is 2.29 bits per heavy atom. The first kappa shape index (κ1) is 17.4. The SMILES string of the molecule is NC(=S)C1(NC(=O)c2cc(Br)sc2Br)CCCCCCC1. The fourth-order valence-corrected chi connectivity index (χ4v) is 5.77. The average Bonchev–Trinajstić information content (AvgIpc) is 2.71. The molecule has 0 aromatic carbocycles. The number of nitrogens with two attached hydrogens (primary N) is 1. The molecule has 2 rings (SSSR count). The minimum absolute atomic E-state index is 0.114. The van der Waals surface area contributed by atoms with E-state index < -0.39 is 5.54 Å². The molecule has 0 radical (unpaired) electrons. The number of hydrogen-bond acceptors (Lipinski definition) is 3. The molecule has 1 amide bonds. The molecule has 1 aromatic heterocycles. The molecule has 0 bridgehead atoms. The summed E-state index contributed by atoms with van der Waals surface area (Å²) in [6.07, 6.45) is 7.36. The number of halogens is 2. The number of nitrogens with one attached hydrogen (secondary N) is 1. The van der Waals surface area contributed by atoms with Gasteiger partial charge in [0.2, 0.25) is 0 Å². The largest absolute Gasteiger partial charge is 0.391 e. The van der Waals surface area contributed by atoms with Crippen LogP contribution in [0.4, 0.5) is 0 Å². The van der Waals surface area contributed by atoms with E-state index in [2.05, 4.69) is 37.2 Å². The van der Waals surface area contributed by atoms with Crippen LogP contribution in [0.5, 0.6) is 0 Å². The average molecular weight is 454 g/mol. The lowest BCUT2D eigenvalue weighted by Crippen LogP contribution is -2.57. The van der Waals surface area contributed by atoms with Crippen molar-refractivity contribution < 1.29 is 4.79 Å². The van der Waals surface area contributed by atoms with Gasteiger partial charge in [0, 0.05) is 0 Å². The smallest absolute Gasteiger partial charge is 0.254 e. The minimum atomic E-state index is -0.541. The molecule has 3 N–H and O–H groups in total. The maximum absolute atomic E-state index is 12.6. The second-order valence-corrected chi connectivity index (χ2v) is 9.60. The van der Waals surface area contributed by atoms with Crippen molar-refractivity contribution in [2.24, 2.45) is 5.73 Å². The lowest BCUT2D eigenvalue weighted by molar-refractivity contribution is 0.0912. The molecular weight excluding hydrogens is 436 g/mol. The quantitative estimate of drug-likeness (QED) is 0.648. The lowest BCUT2D eigenvalue weighted by Gasteiger charge is -2.35. The van der Waals surface area contributed by atoms with E-state index in [1.54, 1.807) is 0 Å². The zero-order valence-corrected chi connectivity index (χ0v) is 16.4. The molecule has 0 atom stereocenters. The highest BCUT2D eigenvalue weighted by atomic mass is 79.9. The molecule has 0 spiro atoms. The van der Waals surface area contributed by atoms with Crippen molar-refractivity contribution in [1.29, 1.82) is 0 Å². The zero-order valence-electron chi connectivity index (χ0n) is 11.6. The number of carbonyl (C=O) groups is 1. The van der Waals surface area contributed by atoms with Crippen LogP contribution in [0.2, 0.25) is 0 Å². The highest BCUT2D eigenvalue weighted by Gasteiger charge is 2.35. The summed E-state index contributed by atoms with van der Waals surface area (Å²) in [6, 6.07) is 1.82. The summed E-state index contributed by atoms with van der Waals surface area (Å²) >= 11 is 13.6. The highest BCUT2D eigenvalue weighted by Crippen LogP contribution is 2.33. The molecule has 1 saturated carbocycles. The predicted octanol–water partition coefficient (Wildman–Crippen LogP) is 4.77. The monoisotopic (exact) mass is 452 g/mol. The summed E-state index contributed by atoms with van der Waals surface area (Å²) in [7, 11) is 0. The Labute approximate surface area is 151 Å². The van der Waals surface area contributed by atoms with Crippen molar-refractivity contribution in [1.82, 2.24) is 5.32 Å². The second-order valence-electron chi connectivity index (χ2n) is 5.41. The molecule has 116 valence electrons. The molecule has 1 heterocycles. The summed E-state index contributed by atoms with van der Waals surface area (Å²) < 4.78 is 1.73. The van der Waals surface area contributed by atoms with Gasteiger partial charge in [-0.05, 0) is 50.8 Å². The number of hydrogen-bond donors (Lipinski definition) is 2. The van der Waals surface area contributed by atoms with Crippen molar-refractivity contribution in [2.75, 3.05) is 0 Å². The van der Waals surface area contributed by atoms with Crippen LogP contribution in [0.3, 0.4) is 0 Å². The van der Waals surface area contributed by atoms with Crippen molar-refractivity contribution in [3.8, 4) is 0 Å². The van der Waals surface area contributed by atoms with E-state index in [4.69, 9.17) is 18.0 Å². The van der Waals surface area contributed by atoms with Gasteiger partial charge in [0.1, 0.15) is 0 Å². The molecule has 1 aliphatic rings. The van der Waals surface area contributed by atoms with Gasteiger partial charge in [0.15, 0.2) is 0 Å². The van der Waals surface area contributed by atoms with Gasteiger partial charge >= 0.3 is 0 Å². The van der Waals surface area contributed by atoms with Crippen molar-refractivity contribution >= 4 is 66.3 Å². The first-order chi connectivity index (χ1) is 9.94. The van der Waals surface area contributed by atoms with E-state index in [1.165, 1.54) is 30.6 Å². The van der Waals surface area contributed by atoms with Crippen molar-refractivity contribution in [3.63, 3.8) is 0 Å². The van der Waals surface area contributed by atoms with E-state index in [0.717, 1.165) is 33.3 Å². The predicted molar refractivity (Wildman–Crippen MR) is 99.0 cm³/mol. The summed E-state index contributed by atoms with van der Waals surface area (Å²) in [5.74, 6) is -0.114. The van der Waals surface area contributed by atoms with E-state index in [-0.39, 0.29) is 5.91 Å². The Bertz CT molecular complexity index is 537. The number of amides is 1. The minimum Gasteiger partial charge on any atom is -0.391 e. The van der Waals surface area contributed by atoms with Gasteiger partial charge in [-0.1, -0.05) is 44.3 Å². The van der Waals surface area contributed by atoms with Crippen LogP contribution in [-0.4, -0.2) is 16.4 Å². The van der Waals surface area contributed by atoms with Crippen molar-refractivity contribution in [2.45, 2.75) is 50.5 Å². The first-order valence-electron chi connectivity index (χ1n) is 7.02. The van der Waals surface area contributed by atoms with E-state index >= 15 is 0 Å². The molecule has 1 fully saturated rings. The Morgan fingerprint density at radius 1 is 1.24 bits per heavy atom. The molecule has 0 saturated heterocycles. The molecule has 21 heavy (non-hydrogen) atoms. The van der Waals surface area contributed by atoms with Gasteiger partial charge in [0.05, 0.1) is 23.7 Å². The van der Waals surface area contributed by atoms with Crippen LogP contribution < -0.4 is 11.1 Å². The fraction of sp³-hybridized carbons (Fsp3) is 0.571. The second kappa shape index (κ2) is 7.53. The molecule has 1 aliphatic carbocycles. The standard InChI is InChI=1S/C14H18Br2N2OS2/c15-10-8-9(11(16)21-10)12(19)18-14(13(17)20)6-4-2-1-3-5-7-14/h8H,1-7H2,(H2,17,20)(H,18,19). The Kier molecular flexibility index (Phi) is 6.23. The number of carbonyl (C=O) groups excluding carboxylic acids is 1. The molecule has 1 aromatic rings. The molecule has 0 unspecified atom stereocenters. The topological polar surface area (TPSA) is 55.1 Å². The third kappa shape index (κ3) is 4.27. The maximum atomic E-state index is 12.6. The number of rotatable bonds is 3. The van der Waals surface area contributed by atoms with Gasteiger partial charge in [-0.3, -0.25) is 4.79 Å². The number of thiocarbonyl (C=S) groups is 1. The molecular formula is C14H18Br2N2OS2. The van der Waals surface area contributed by atoms with Gasteiger partial charge in [-0.15, -0.1) is 11.3 Å². The Morgan fingerprint density at radius 2 is 1.81 bits per heavy atom. The first-order valence-corrected chi connectivity index (χ1v) is 9.83. The Balaban J connectivity index is 2.20. The maximum Gasteiger partial charge on any atom is 0.254 e. The molecule has 0 aliphatic heterocycles. The normalized spacial score (nSPS) is 18.6. The van der Waals surface area contributed by atoms with Crippen LogP contribution in [0, 0.1) is 0 Å². The van der Waals surface area contributed by atoms with Gasteiger partial charge in [0.25, 0.3) is 5.91 Å². The Hall–Kier alpha value is 0.0200. The van der Waals surface area contributed by atoms with Crippen LogP contribution in [0.25, 0.3) is 0 Å². The fourth-order valence-electron chi connectivity index (χ4n) is 2.72. The summed E-state index contributed by atoms with van der Waals surface area (Å²) in [4.78, 5) is 13.0. The van der Waals surface area contributed by atoms with Crippen LogP contribution in [0.15, 0.2) is 13.6 Å². The van der Waals surface area contributed by atoms with Crippen LogP contribution in [0.1, 0.15) is 55.3 Å². The van der Waals surface area contributed by atoms with Crippen LogP contribution >= 0.6 is 55.4 Å². The van der Waals surface area contributed by atoms with Crippen LogP contribution in [-0.2, 0) is 0 Å². The highest BCUT2D eigenvalue weighted by molar-refractivity contribution is 9.12. The summed E-state index contributed by atoms with van der Waals surface area (Å²) in [5.41, 5.74) is 6.08. The van der Waals surface area contributed by atoms with Gasteiger partial charge in [-0.25, -0.2) is 0 Å². The number of thiophene rings is 1. The lowest BCUT2D eigenvalue weighted by atomic mass is 9.83. The van der Waals surface area contributed by atoms with Crippen molar-refractivity contribution in [3.05, 3.63) is 19.2 Å². The molecule has 7 heteroatoms. The van der Waals surface area contributed by atoms with E-state index in [1.807, 2.05) is 6.07 Å². The molecule has 3 nitrogen and oxygen atoms in total. The van der Waals surface area contributed by atoms with Gasteiger partial charge in [-0.2, -0.15) is 0 Å². The third-order valence-corrected chi connectivity index (χ3v) is 6.66. The zero-order chi connectivity index (χ0) is 15.5. The summed E-state index contributed by atoms with van der Waals surface area (Å²) in [5, 5.41) is 3.12.